The smallest absolute Gasteiger partial charge is 0.240 e. The van der Waals surface area contributed by atoms with Crippen molar-refractivity contribution in [3.8, 4) is 0 Å². The normalized spacial score (nSPS) is 23.7. The first-order valence-corrected chi connectivity index (χ1v) is 8.49. The second-order valence-corrected chi connectivity index (χ2v) is 6.78. The molecule has 0 bridgehead atoms. The number of carbonyl (C=O) groups is 2. The Bertz CT molecular complexity index is 582. The van der Waals surface area contributed by atoms with Gasteiger partial charge in [0.2, 0.25) is 11.8 Å². The van der Waals surface area contributed by atoms with Gasteiger partial charge in [0.1, 0.15) is 5.25 Å². The summed E-state index contributed by atoms with van der Waals surface area (Å²) in [5, 5.41) is 5.89. The molecular weight excluding hydrogens is 298 g/mol. The second-order valence-electron chi connectivity index (χ2n) is 5.59. The van der Waals surface area contributed by atoms with Crippen molar-refractivity contribution >= 4 is 34.4 Å². The molecule has 0 radical (unpaired) electrons. The number of benzene rings is 1. The van der Waals surface area contributed by atoms with E-state index >= 15 is 0 Å². The van der Waals surface area contributed by atoms with E-state index in [4.69, 9.17) is 0 Å². The first kappa shape index (κ1) is 15.1. The van der Waals surface area contributed by atoms with E-state index in [1.165, 1.54) is 24.6 Å². The van der Waals surface area contributed by atoms with E-state index in [9.17, 15) is 9.59 Å². The van der Waals surface area contributed by atoms with E-state index in [-0.39, 0.29) is 23.5 Å². The predicted octanol–water partition coefficient (Wildman–Crippen LogP) is 2.55. The van der Waals surface area contributed by atoms with Crippen LogP contribution in [-0.2, 0) is 9.59 Å². The molecule has 2 amide bonds. The van der Waals surface area contributed by atoms with Crippen molar-refractivity contribution in [3.63, 3.8) is 0 Å². The topological polar surface area (TPSA) is 70.6 Å². The highest BCUT2D eigenvalue weighted by atomic mass is 32.2. The zero-order chi connectivity index (χ0) is 15.4. The Hall–Kier alpha value is -1.82. The van der Waals surface area contributed by atoms with Crippen molar-refractivity contribution in [1.82, 2.24) is 5.32 Å². The molecule has 1 atom stereocenters. The number of thioether (sulfide) groups is 1. The highest BCUT2D eigenvalue weighted by molar-refractivity contribution is 8.15. The van der Waals surface area contributed by atoms with Crippen LogP contribution in [0.5, 0.6) is 0 Å². The Morgan fingerprint density at radius 3 is 2.73 bits per heavy atom. The average Bonchev–Trinajstić information content (AvgIpc) is 3.11. The van der Waals surface area contributed by atoms with Crippen LogP contribution >= 0.6 is 11.8 Å². The minimum absolute atomic E-state index is 0.120. The summed E-state index contributed by atoms with van der Waals surface area (Å²) in [5.41, 5.74) is 0.746. The van der Waals surface area contributed by atoms with E-state index < -0.39 is 0 Å². The molecule has 22 heavy (non-hydrogen) atoms. The fourth-order valence-corrected chi connectivity index (χ4v) is 3.74. The first-order valence-electron chi connectivity index (χ1n) is 7.61. The van der Waals surface area contributed by atoms with Crippen LogP contribution in [0.4, 0.5) is 5.69 Å². The summed E-state index contributed by atoms with van der Waals surface area (Å²) in [6.45, 7) is 0. The van der Waals surface area contributed by atoms with Gasteiger partial charge in [-0.25, -0.2) is 0 Å². The Kier molecular flexibility index (Phi) is 4.77. The number of aliphatic imine (C=N–C) groups is 1. The summed E-state index contributed by atoms with van der Waals surface area (Å²) in [7, 11) is 0. The Balaban J connectivity index is 1.54. The molecule has 1 heterocycles. The molecule has 1 saturated carbocycles. The van der Waals surface area contributed by atoms with Gasteiger partial charge in [0.15, 0.2) is 5.17 Å². The fraction of sp³-hybridized carbons (Fsp3) is 0.438. The van der Waals surface area contributed by atoms with Crippen molar-refractivity contribution in [2.24, 2.45) is 4.99 Å². The number of nitrogens with zero attached hydrogens (tertiary/aromatic N) is 1. The average molecular weight is 317 g/mol. The Morgan fingerprint density at radius 2 is 2.00 bits per heavy atom. The molecule has 2 fully saturated rings. The lowest BCUT2D eigenvalue weighted by atomic mass is 10.2. The van der Waals surface area contributed by atoms with Crippen LogP contribution in [-0.4, -0.2) is 28.3 Å². The number of hydrogen-bond donors (Lipinski definition) is 2. The first-order chi connectivity index (χ1) is 10.7. The molecule has 1 aromatic carbocycles. The summed E-state index contributed by atoms with van der Waals surface area (Å²) in [6, 6.07) is 9.60. The van der Waals surface area contributed by atoms with Crippen molar-refractivity contribution in [2.75, 3.05) is 5.32 Å². The molecular formula is C16H19N3O2S. The van der Waals surface area contributed by atoms with Crippen LogP contribution in [0.25, 0.3) is 0 Å². The number of anilines is 1. The van der Waals surface area contributed by atoms with E-state index in [0.29, 0.717) is 11.2 Å². The zero-order valence-corrected chi connectivity index (χ0v) is 13.1. The third-order valence-electron chi connectivity index (χ3n) is 3.83. The summed E-state index contributed by atoms with van der Waals surface area (Å²) in [4.78, 5) is 28.6. The second kappa shape index (κ2) is 6.96. The summed E-state index contributed by atoms with van der Waals surface area (Å²) in [6.07, 6.45) is 4.78. The maximum absolute atomic E-state index is 12.0. The number of nitrogens with one attached hydrogen (secondary N) is 2. The van der Waals surface area contributed by atoms with Gasteiger partial charge >= 0.3 is 0 Å². The lowest BCUT2D eigenvalue weighted by Crippen LogP contribution is -2.28. The van der Waals surface area contributed by atoms with Crippen LogP contribution in [0.3, 0.4) is 0 Å². The Labute approximate surface area is 134 Å². The largest absolute Gasteiger partial charge is 0.326 e. The maximum atomic E-state index is 12.0. The molecule has 0 spiro atoms. The lowest BCUT2D eigenvalue weighted by Gasteiger charge is -2.07. The van der Waals surface area contributed by atoms with Crippen LogP contribution in [0, 0.1) is 0 Å². The highest BCUT2D eigenvalue weighted by Crippen LogP contribution is 2.27. The molecule has 1 aromatic rings. The van der Waals surface area contributed by atoms with E-state index in [0.717, 1.165) is 18.5 Å². The van der Waals surface area contributed by atoms with Gasteiger partial charge in [-0.2, -0.15) is 0 Å². The highest BCUT2D eigenvalue weighted by Gasteiger charge is 2.32. The molecule has 0 unspecified atom stereocenters. The van der Waals surface area contributed by atoms with Gasteiger partial charge in [0, 0.05) is 12.1 Å². The van der Waals surface area contributed by atoms with Crippen molar-refractivity contribution in [3.05, 3.63) is 30.3 Å². The van der Waals surface area contributed by atoms with Gasteiger partial charge in [-0.1, -0.05) is 42.8 Å². The van der Waals surface area contributed by atoms with Crippen molar-refractivity contribution in [2.45, 2.75) is 43.4 Å². The van der Waals surface area contributed by atoms with E-state index in [2.05, 4.69) is 15.6 Å². The number of rotatable bonds is 4. The standard InChI is InChI=1S/C16H19N3O2S/c20-14(17-11-6-2-1-3-7-11)10-13-15(21)19-16(22-13)18-12-8-4-5-9-12/h1-3,6-7,12-13H,4-5,8-10H2,(H,17,20)(H,18,19,21)/t13-/m0/s1. The van der Waals surface area contributed by atoms with Gasteiger partial charge in [0.25, 0.3) is 0 Å². The minimum Gasteiger partial charge on any atom is -0.326 e. The van der Waals surface area contributed by atoms with Crippen LogP contribution < -0.4 is 10.6 Å². The van der Waals surface area contributed by atoms with Gasteiger partial charge in [-0.05, 0) is 25.0 Å². The van der Waals surface area contributed by atoms with E-state index in [1.54, 1.807) is 0 Å². The molecule has 116 valence electrons. The molecule has 5 nitrogen and oxygen atoms in total. The maximum Gasteiger partial charge on any atom is 0.240 e. The lowest BCUT2D eigenvalue weighted by molar-refractivity contribution is -0.122. The van der Waals surface area contributed by atoms with Gasteiger partial charge in [-0.15, -0.1) is 0 Å². The molecule has 2 aliphatic rings. The summed E-state index contributed by atoms with van der Waals surface area (Å²) in [5.74, 6) is -0.272. The van der Waals surface area contributed by atoms with Crippen molar-refractivity contribution < 1.29 is 9.59 Å². The number of amidine groups is 1. The molecule has 0 aromatic heterocycles. The predicted molar refractivity (Wildman–Crippen MR) is 88.9 cm³/mol. The van der Waals surface area contributed by atoms with Crippen LogP contribution in [0.15, 0.2) is 35.3 Å². The van der Waals surface area contributed by atoms with Crippen LogP contribution in [0.1, 0.15) is 32.1 Å². The SMILES string of the molecule is O=C(C[C@@H]1SC(=NC2CCCC2)NC1=O)Nc1ccccc1. The Morgan fingerprint density at radius 1 is 1.27 bits per heavy atom. The van der Waals surface area contributed by atoms with Gasteiger partial charge in [0.05, 0.1) is 6.04 Å². The van der Waals surface area contributed by atoms with Gasteiger partial charge < -0.3 is 10.6 Å². The van der Waals surface area contributed by atoms with Crippen LogP contribution in [0.2, 0.25) is 0 Å². The molecule has 1 aliphatic carbocycles. The quantitative estimate of drug-likeness (QED) is 0.896. The fourth-order valence-electron chi connectivity index (χ4n) is 2.70. The molecule has 1 aliphatic heterocycles. The number of para-hydroxylation sites is 1. The molecule has 6 heteroatoms. The molecule has 1 saturated heterocycles. The minimum atomic E-state index is -0.385. The van der Waals surface area contributed by atoms with Gasteiger partial charge in [-0.3, -0.25) is 14.6 Å². The monoisotopic (exact) mass is 317 g/mol. The third-order valence-corrected chi connectivity index (χ3v) is 4.93. The number of amides is 2. The zero-order valence-electron chi connectivity index (χ0n) is 12.2. The molecule has 3 rings (SSSR count). The number of carbonyl (C=O) groups excluding carboxylic acids is 2. The third kappa shape index (κ3) is 3.88. The summed E-state index contributed by atoms with van der Waals surface area (Å²) < 4.78 is 0. The van der Waals surface area contributed by atoms with E-state index in [1.807, 2.05) is 30.3 Å². The van der Waals surface area contributed by atoms with Crippen molar-refractivity contribution in [1.29, 1.82) is 0 Å². The molecule has 2 N–H and O–H groups in total. The number of hydrogen-bond acceptors (Lipinski definition) is 4. The summed E-state index contributed by atoms with van der Waals surface area (Å²) >= 11 is 1.37.